The van der Waals surface area contributed by atoms with E-state index in [1.54, 1.807) is 18.9 Å². The van der Waals surface area contributed by atoms with Gasteiger partial charge >= 0.3 is 0 Å². The third-order valence-corrected chi connectivity index (χ3v) is 7.39. The average Bonchev–Trinajstić information content (AvgIpc) is 3.38. The highest BCUT2D eigenvalue weighted by Crippen LogP contribution is 2.42. The van der Waals surface area contributed by atoms with Crippen molar-refractivity contribution in [2.24, 2.45) is 0 Å². The number of methoxy groups -OCH3 is 1. The molecule has 1 fully saturated rings. The van der Waals surface area contributed by atoms with Crippen LogP contribution in [0.15, 0.2) is 72.8 Å². The van der Waals surface area contributed by atoms with Crippen molar-refractivity contribution >= 4 is 17.7 Å². The molecule has 178 valence electrons. The van der Waals surface area contributed by atoms with Gasteiger partial charge in [-0.2, -0.15) is 0 Å². The normalized spacial score (nSPS) is 15.4. The molecule has 3 aromatic carbocycles. The molecule has 4 nitrogen and oxygen atoms in total. The Morgan fingerprint density at radius 2 is 1.76 bits per heavy atom. The molecule has 0 spiro atoms. The van der Waals surface area contributed by atoms with Crippen LogP contribution in [-0.4, -0.2) is 30.2 Å². The van der Waals surface area contributed by atoms with E-state index in [4.69, 9.17) is 9.47 Å². The molecule has 0 bridgehead atoms. The quantitative estimate of drug-likeness (QED) is 0.299. The van der Waals surface area contributed by atoms with Crippen LogP contribution in [0.3, 0.4) is 0 Å². The number of carbonyl (C=O) groups is 1. The minimum Gasteiger partial charge on any atom is -0.493 e. The summed E-state index contributed by atoms with van der Waals surface area (Å²) in [7, 11) is 1.65. The second kappa shape index (κ2) is 12.0. The van der Waals surface area contributed by atoms with Gasteiger partial charge in [-0.05, 0) is 53.8 Å². The van der Waals surface area contributed by atoms with Gasteiger partial charge in [-0.1, -0.05) is 68.3 Å². The Kier molecular flexibility index (Phi) is 8.53. The van der Waals surface area contributed by atoms with Crippen molar-refractivity contribution in [3.63, 3.8) is 0 Å². The zero-order valence-electron chi connectivity index (χ0n) is 20.0. The fourth-order valence-electron chi connectivity index (χ4n) is 4.21. The molecule has 1 atom stereocenters. The Labute approximate surface area is 207 Å². The molecule has 1 heterocycles. The summed E-state index contributed by atoms with van der Waals surface area (Å²) < 4.78 is 11.6. The fraction of sp³-hybridized carbons (Fsp3) is 0.345. The van der Waals surface area contributed by atoms with Crippen molar-refractivity contribution in [2.45, 2.75) is 44.6 Å². The van der Waals surface area contributed by atoms with E-state index >= 15 is 0 Å². The molecule has 1 aliphatic heterocycles. The van der Waals surface area contributed by atoms with E-state index in [0.29, 0.717) is 18.1 Å². The molecule has 0 aromatic heterocycles. The summed E-state index contributed by atoms with van der Waals surface area (Å²) in [4.78, 5) is 15.3. The standard InChI is InChI=1S/C29H33NO3S/c1-3-4-6-9-22-12-14-24(15-13-22)28(31)30-18-19-34-29(30)25-16-17-26(32-2)27(20-25)33-21-23-10-7-5-8-11-23/h5,7-8,10-17,20,29H,3-4,6,9,18-19,21H2,1-2H3. The maximum Gasteiger partial charge on any atom is 0.255 e. The first-order chi connectivity index (χ1) is 16.7. The Morgan fingerprint density at radius 3 is 2.50 bits per heavy atom. The number of benzene rings is 3. The smallest absolute Gasteiger partial charge is 0.255 e. The van der Waals surface area contributed by atoms with Gasteiger partial charge in [0.25, 0.3) is 5.91 Å². The lowest BCUT2D eigenvalue weighted by atomic mass is 10.0. The average molecular weight is 476 g/mol. The molecule has 0 N–H and O–H groups in total. The Hall–Kier alpha value is -2.92. The molecule has 1 aliphatic rings. The van der Waals surface area contributed by atoms with Gasteiger partial charge in [0.05, 0.1) is 7.11 Å². The maximum absolute atomic E-state index is 13.4. The summed E-state index contributed by atoms with van der Waals surface area (Å²) in [6, 6.07) is 24.2. The van der Waals surface area contributed by atoms with Crippen LogP contribution in [0.2, 0.25) is 0 Å². The van der Waals surface area contributed by atoms with E-state index in [0.717, 1.165) is 35.4 Å². The summed E-state index contributed by atoms with van der Waals surface area (Å²) in [5.74, 6) is 2.38. The highest BCUT2D eigenvalue weighted by molar-refractivity contribution is 7.99. The van der Waals surface area contributed by atoms with E-state index < -0.39 is 0 Å². The number of hydrogen-bond acceptors (Lipinski definition) is 4. The summed E-state index contributed by atoms with van der Waals surface area (Å²) in [6.07, 6.45) is 4.73. The third kappa shape index (κ3) is 5.95. The molecular weight excluding hydrogens is 442 g/mol. The number of amides is 1. The van der Waals surface area contributed by atoms with E-state index in [2.05, 4.69) is 19.1 Å². The van der Waals surface area contributed by atoms with Gasteiger partial charge in [-0.15, -0.1) is 11.8 Å². The molecule has 4 rings (SSSR count). The Bertz CT molecular complexity index is 1070. The molecule has 0 saturated carbocycles. The summed E-state index contributed by atoms with van der Waals surface area (Å²) in [5.41, 5.74) is 4.20. The lowest BCUT2D eigenvalue weighted by molar-refractivity contribution is 0.0760. The van der Waals surface area contributed by atoms with Crippen molar-refractivity contribution in [1.29, 1.82) is 0 Å². The molecule has 1 amide bonds. The van der Waals surface area contributed by atoms with Crippen molar-refractivity contribution in [3.8, 4) is 11.5 Å². The maximum atomic E-state index is 13.4. The molecule has 0 aliphatic carbocycles. The van der Waals surface area contributed by atoms with Crippen molar-refractivity contribution < 1.29 is 14.3 Å². The largest absolute Gasteiger partial charge is 0.493 e. The van der Waals surface area contributed by atoms with Crippen LogP contribution in [-0.2, 0) is 13.0 Å². The molecule has 34 heavy (non-hydrogen) atoms. The fourth-order valence-corrected chi connectivity index (χ4v) is 5.45. The summed E-state index contributed by atoms with van der Waals surface area (Å²) in [6.45, 7) is 3.41. The van der Waals surface area contributed by atoms with E-state index in [1.165, 1.54) is 24.8 Å². The summed E-state index contributed by atoms with van der Waals surface area (Å²) in [5, 5.41) is -0.0401. The Morgan fingerprint density at radius 1 is 0.971 bits per heavy atom. The van der Waals surface area contributed by atoms with Crippen molar-refractivity contribution in [3.05, 3.63) is 95.1 Å². The number of aryl methyl sites for hydroxylation is 1. The minimum absolute atomic E-state index is 0.0401. The number of nitrogens with zero attached hydrogens (tertiary/aromatic N) is 1. The predicted octanol–water partition coefficient (Wildman–Crippen LogP) is 6.89. The number of carbonyl (C=O) groups excluding carboxylic acids is 1. The van der Waals surface area contributed by atoms with Gasteiger partial charge in [-0.25, -0.2) is 0 Å². The zero-order chi connectivity index (χ0) is 23.8. The van der Waals surface area contributed by atoms with Crippen LogP contribution in [0, 0.1) is 0 Å². The van der Waals surface area contributed by atoms with Gasteiger partial charge in [-0.3, -0.25) is 4.79 Å². The second-order valence-corrected chi connectivity index (χ2v) is 9.75. The first-order valence-corrected chi connectivity index (χ1v) is 13.1. The van der Waals surface area contributed by atoms with Gasteiger partial charge < -0.3 is 14.4 Å². The SMILES string of the molecule is CCCCCc1ccc(C(=O)N2CCSC2c2ccc(OC)c(OCc3ccccc3)c2)cc1. The van der Waals surface area contributed by atoms with Gasteiger partial charge in [0.15, 0.2) is 11.5 Å². The van der Waals surface area contributed by atoms with Crippen molar-refractivity contribution in [1.82, 2.24) is 4.90 Å². The molecular formula is C29H33NO3S. The minimum atomic E-state index is -0.0401. The van der Waals surface area contributed by atoms with Crippen LogP contribution in [0.1, 0.15) is 58.6 Å². The molecule has 3 aromatic rings. The molecule has 1 unspecified atom stereocenters. The zero-order valence-corrected chi connectivity index (χ0v) is 20.9. The van der Waals surface area contributed by atoms with Gasteiger partial charge in [0.2, 0.25) is 0 Å². The first-order valence-electron chi connectivity index (χ1n) is 12.1. The Balaban J connectivity index is 1.48. The number of thioether (sulfide) groups is 1. The molecule has 5 heteroatoms. The third-order valence-electron chi connectivity index (χ3n) is 6.13. The number of unbranched alkanes of at least 4 members (excludes halogenated alkanes) is 2. The van der Waals surface area contributed by atoms with Crippen LogP contribution < -0.4 is 9.47 Å². The van der Waals surface area contributed by atoms with Crippen LogP contribution in [0.5, 0.6) is 11.5 Å². The highest BCUT2D eigenvalue weighted by atomic mass is 32.2. The van der Waals surface area contributed by atoms with Crippen LogP contribution >= 0.6 is 11.8 Å². The number of ether oxygens (including phenoxy) is 2. The van der Waals surface area contributed by atoms with E-state index in [1.807, 2.05) is 65.6 Å². The van der Waals surface area contributed by atoms with Crippen LogP contribution in [0.25, 0.3) is 0 Å². The monoisotopic (exact) mass is 475 g/mol. The van der Waals surface area contributed by atoms with Crippen molar-refractivity contribution in [2.75, 3.05) is 19.4 Å². The van der Waals surface area contributed by atoms with Gasteiger partial charge in [0.1, 0.15) is 12.0 Å². The molecule has 0 radical (unpaired) electrons. The number of rotatable bonds is 10. The lowest BCUT2D eigenvalue weighted by Gasteiger charge is -2.25. The predicted molar refractivity (Wildman–Crippen MR) is 140 cm³/mol. The lowest BCUT2D eigenvalue weighted by Crippen LogP contribution is -2.30. The van der Waals surface area contributed by atoms with E-state index in [-0.39, 0.29) is 11.3 Å². The van der Waals surface area contributed by atoms with Crippen LogP contribution in [0.4, 0.5) is 0 Å². The topological polar surface area (TPSA) is 38.8 Å². The molecule has 1 saturated heterocycles. The second-order valence-electron chi connectivity index (χ2n) is 8.56. The van der Waals surface area contributed by atoms with E-state index in [9.17, 15) is 4.79 Å². The highest BCUT2D eigenvalue weighted by Gasteiger charge is 2.32. The summed E-state index contributed by atoms with van der Waals surface area (Å²) >= 11 is 1.79. The first kappa shape index (κ1) is 24.2. The number of hydrogen-bond donors (Lipinski definition) is 0. The van der Waals surface area contributed by atoms with Gasteiger partial charge in [0, 0.05) is 17.9 Å².